The zero-order valence-electron chi connectivity index (χ0n) is 10.2. The maximum absolute atomic E-state index is 13.1. The molecule has 7 heteroatoms. The summed E-state index contributed by atoms with van der Waals surface area (Å²) in [6.07, 6.45) is 0. The fraction of sp³-hybridized carbons (Fsp3) is 0.333. The predicted molar refractivity (Wildman–Crippen MR) is 61.6 cm³/mol. The van der Waals surface area contributed by atoms with E-state index in [1.807, 2.05) is 0 Å². The van der Waals surface area contributed by atoms with Crippen molar-refractivity contribution in [1.29, 1.82) is 0 Å². The first kappa shape index (κ1) is 13.6. The Morgan fingerprint density at radius 3 is 2.05 bits per heavy atom. The van der Waals surface area contributed by atoms with Crippen LogP contribution in [-0.4, -0.2) is 43.0 Å². The summed E-state index contributed by atoms with van der Waals surface area (Å²) in [5, 5.41) is 0. The molecule has 2 N–H and O–H groups in total. The molecule has 2 amide bonds. The molecule has 1 aromatic carbocycles. The number of nitrogens with two attached hydrogens (primary N) is 1. The third-order valence-corrected chi connectivity index (χ3v) is 2.96. The molecule has 1 aliphatic heterocycles. The van der Waals surface area contributed by atoms with E-state index in [-0.39, 0.29) is 24.3 Å². The molecule has 0 bridgehead atoms. The normalized spacial score (nSPS) is 15.9. The van der Waals surface area contributed by atoms with Crippen LogP contribution in [0.1, 0.15) is 20.7 Å². The van der Waals surface area contributed by atoms with Gasteiger partial charge in [-0.25, -0.2) is 8.78 Å². The highest BCUT2D eigenvalue weighted by Gasteiger charge is 2.40. The van der Waals surface area contributed by atoms with Crippen molar-refractivity contribution in [2.45, 2.75) is 6.04 Å². The van der Waals surface area contributed by atoms with Gasteiger partial charge >= 0.3 is 0 Å². The van der Waals surface area contributed by atoms with Gasteiger partial charge in [0, 0.05) is 13.7 Å². The molecule has 1 atom stereocenters. The average Bonchev–Trinajstić information content (AvgIpc) is 2.61. The Balaban J connectivity index is 2.44. The second kappa shape index (κ2) is 5.02. The molecule has 0 aliphatic carbocycles. The van der Waals surface area contributed by atoms with Gasteiger partial charge in [-0.05, 0) is 12.1 Å². The lowest BCUT2D eigenvalue weighted by molar-refractivity contribution is 0.0483. The van der Waals surface area contributed by atoms with Gasteiger partial charge in [0.15, 0.2) is 11.6 Å². The van der Waals surface area contributed by atoms with Crippen molar-refractivity contribution in [1.82, 2.24) is 4.90 Å². The van der Waals surface area contributed by atoms with E-state index in [0.29, 0.717) is 0 Å². The first-order chi connectivity index (χ1) is 9.01. The third-order valence-electron chi connectivity index (χ3n) is 2.96. The van der Waals surface area contributed by atoms with Gasteiger partial charge in [0.2, 0.25) is 0 Å². The van der Waals surface area contributed by atoms with E-state index in [2.05, 4.69) is 0 Å². The zero-order valence-corrected chi connectivity index (χ0v) is 10.2. The van der Waals surface area contributed by atoms with E-state index in [1.165, 1.54) is 7.11 Å². The maximum atomic E-state index is 13.1. The van der Waals surface area contributed by atoms with E-state index >= 15 is 0 Å². The Kier molecular flexibility index (Phi) is 3.59. The summed E-state index contributed by atoms with van der Waals surface area (Å²) in [6, 6.07) is 0.792. The second-order valence-corrected chi connectivity index (χ2v) is 4.14. The first-order valence-corrected chi connectivity index (χ1v) is 5.57. The molecule has 1 aliphatic rings. The van der Waals surface area contributed by atoms with E-state index in [9.17, 15) is 18.4 Å². The monoisotopic (exact) mass is 270 g/mol. The topological polar surface area (TPSA) is 72.6 Å². The minimum Gasteiger partial charge on any atom is -0.382 e. The molecule has 0 aromatic heterocycles. The van der Waals surface area contributed by atoms with Crippen LogP contribution in [-0.2, 0) is 4.74 Å². The number of carbonyl (C=O) groups is 2. The quantitative estimate of drug-likeness (QED) is 0.810. The van der Waals surface area contributed by atoms with Gasteiger partial charge in [-0.2, -0.15) is 0 Å². The number of nitrogens with zero attached hydrogens (tertiary/aromatic N) is 1. The smallest absolute Gasteiger partial charge is 0.262 e. The minimum atomic E-state index is -1.17. The summed E-state index contributed by atoms with van der Waals surface area (Å²) in [7, 11) is 1.40. The fourth-order valence-corrected chi connectivity index (χ4v) is 2.02. The molecule has 102 valence electrons. The van der Waals surface area contributed by atoms with Gasteiger partial charge in [0.1, 0.15) is 0 Å². The lowest BCUT2D eigenvalue weighted by atomic mass is 10.1. The highest BCUT2D eigenvalue weighted by molar-refractivity contribution is 6.21. The largest absolute Gasteiger partial charge is 0.382 e. The number of ether oxygens (including phenoxy) is 1. The lowest BCUT2D eigenvalue weighted by Crippen LogP contribution is -2.46. The SMILES string of the molecule is COCC(CN)N1C(=O)c2cc(F)c(F)cc2C1=O. The van der Waals surface area contributed by atoms with Crippen LogP contribution in [0.5, 0.6) is 0 Å². The molecule has 19 heavy (non-hydrogen) atoms. The van der Waals surface area contributed by atoms with Gasteiger partial charge in [0.25, 0.3) is 11.8 Å². The molecule has 1 unspecified atom stereocenters. The number of methoxy groups -OCH3 is 1. The molecule has 1 aromatic rings. The number of benzene rings is 1. The molecule has 0 saturated carbocycles. The first-order valence-electron chi connectivity index (χ1n) is 5.57. The van der Waals surface area contributed by atoms with Crippen molar-refractivity contribution in [2.75, 3.05) is 20.3 Å². The second-order valence-electron chi connectivity index (χ2n) is 4.14. The summed E-state index contributed by atoms with van der Waals surface area (Å²) in [6.45, 7) is 0.0667. The Morgan fingerprint density at radius 2 is 1.68 bits per heavy atom. The van der Waals surface area contributed by atoms with Crippen molar-refractivity contribution < 1.29 is 23.1 Å². The van der Waals surface area contributed by atoms with E-state index in [0.717, 1.165) is 17.0 Å². The maximum Gasteiger partial charge on any atom is 0.262 e. The van der Waals surface area contributed by atoms with Crippen molar-refractivity contribution >= 4 is 11.8 Å². The van der Waals surface area contributed by atoms with Crippen LogP contribution in [0.4, 0.5) is 8.78 Å². The molecule has 5 nitrogen and oxygen atoms in total. The summed E-state index contributed by atoms with van der Waals surface area (Å²) in [5.41, 5.74) is 5.18. The Morgan fingerprint density at radius 1 is 1.21 bits per heavy atom. The van der Waals surface area contributed by atoms with Crippen molar-refractivity contribution in [3.8, 4) is 0 Å². The molecular weight excluding hydrogens is 258 g/mol. The van der Waals surface area contributed by atoms with Gasteiger partial charge in [-0.3, -0.25) is 14.5 Å². The van der Waals surface area contributed by atoms with Gasteiger partial charge in [-0.1, -0.05) is 0 Å². The van der Waals surface area contributed by atoms with Crippen LogP contribution in [0.2, 0.25) is 0 Å². The average molecular weight is 270 g/mol. The molecular formula is C12H12F2N2O3. The van der Waals surface area contributed by atoms with Crippen LogP contribution < -0.4 is 5.73 Å². The standard InChI is InChI=1S/C12H12F2N2O3/c1-19-5-6(4-15)16-11(17)7-2-9(13)10(14)3-8(7)12(16)18/h2-3,6H,4-5,15H2,1H3. The van der Waals surface area contributed by atoms with Crippen LogP contribution in [0.15, 0.2) is 12.1 Å². The van der Waals surface area contributed by atoms with Gasteiger partial charge in [-0.15, -0.1) is 0 Å². The molecule has 0 fully saturated rings. The van der Waals surface area contributed by atoms with Crippen LogP contribution in [0, 0.1) is 11.6 Å². The Hall–Kier alpha value is -1.86. The summed E-state index contributed by atoms with van der Waals surface area (Å²) < 4.78 is 31.1. The van der Waals surface area contributed by atoms with Gasteiger partial charge in [0.05, 0.1) is 23.8 Å². The van der Waals surface area contributed by atoms with Gasteiger partial charge < -0.3 is 10.5 Å². The summed E-state index contributed by atoms with van der Waals surface area (Å²) in [4.78, 5) is 25.0. The predicted octanol–water partition coefficient (Wildman–Crippen LogP) is 0.534. The number of amides is 2. The van der Waals surface area contributed by atoms with Crippen LogP contribution in [0.3, 0.4) is 0 Å². The molecule has 1 heterocycles. The number of hydrogen-bond acceptors (Lipinski definition) is 4. The van der Waals surface area contributed by atoms with Crippen molar-refractivity contribution in [2.24, 2.45) is 5.73 Å². The van der Waals surface area contributed by atoms with Crippen LogP contribution in [0.25, 0.3) is 0 Å². The number of imide groups is 1. The third kappa shape index (κ3) is 2.11. The van der Waals surface area contributed by atoms with Crippen molar-refractivity contribution in [3.05, 3.63) is 34.9 Å². The summed E-state index contributed by atoms with van der Waals surface area (Å²) in [5.74, 6) is -3.71. The van der Waals surface area contributed by atoms with E-state index in [4.69, 9.17) is 10.5 Å². The Bertz CT molecular complexity index is 507. The zero-order chi connectivity index (χ0) is 14.2. The fourth-order valence-electron chi connectivity index (χ4n) is 2.02. The van der Waals surface area contributed by atoms with E-state index < -0.39 is 29.5 Å². The van der Waals surface area contributed by atoms with Crippen LogP contribution >= 0.6 is 0 Å². The number of hydrogen-bond donors (Lipinski definition) is 1. The molecule has 0 spiro atoms. The Labute approximate surface area is 107 Å². The summed E-state index contributed by atoms with van der Waals surface area (Å²) >= 11 is 0. The number of halogens is 2. The highest BCUT2D eigenvalue weighted by atomic mass is 19.2. The number of carbonyl (C=O) groups excluding carboxylic acids is 2. The van der Waals surface area contributed by atoms with Crippen molar-refractivity contribution in [3.63, 3.8) is 0 Å². The number of rotatable bonds is 4. The lowest BCUT2D eigenvalue weighted by Gasteiger charge is -2.23. The highest BCUT2D eigenvalue weighted by Crippen LogP contribution is 2.26. The molecule has 0 radical (unpaired) electrons. The minimum absolute atomic E-state index is 0.00424. The number of fused-ring (bicyclic) bond motifs is 1. The molecule has 0 saturated heterocycles. The van der Waals surface area contributed by atoms with E-state index in [1.54, 1.807) is 0 Å². The molecule has 2 rings (SSSR count).